The Bertz CT molecular complexity index is 1110. The van der Waals surface area contributed by atoms with Gasteiger partial charge in [0.2, 0.25) is 24.3 Å². The van der Waals surface area contributed by atoms with Crippen molar-refractivity contribution in [2.75, 3.05) is 61.5 Å². The molecule has 0 aliphatic carbocycles. The third-order valence-corrected chi connectivity index (χ3v) is 6.04. The van der Waals surface area contributed by atoms with E-state index in [2.05, 4.69) is 30.2 Å². The van der Waals surface area contributed by atoms with Crippen LogP contribution in [0.2, 0.25) is 0 Å². The van der Waals surface area contributed by atoms with E-state index in [1.54, 1.807) is 12.2 Å². The average molecular weight is 548 g/mol. The number of nitrogens with two attached hydrogens (primary N) is 1. The van der Waals surface area contributed by atoms with Crippen molar-refractivity contribution >= 4 is 30.0 Å². The molecule has 1 amide bonds. The number of morpholine rings is 1. The van der Waals surface area contributed by atoms with Gasteiger partial charge in [0.15, 0.2) is 11.6 Å². The fraction of sp³-hybridized carbons (Fsp3) is 0.560. The zero-order valence-electron chi connectivity index (χ0n) is 22.1. The van der Waals surface area contributed by atoms with Crippen LogP contribution < -0.4 is 20.9 Å². The highest BCUT2D eigenvalue weighted by Gasteiger charge is 2.24. The van der Waals surface area contributed by atoms with E-state index in [4.69, 9.17) is 10.5 Å². The Morgan fingerprint density at radius 2 is 1.92 bits per heavy atom. The summed E-state index contributed by atoms with van der Waals surface area (Å²) in [5.74, 6) is 0.459. The number of nitrogens with zero attached hydrogens (tertiary/aromatic N) is 7. The van der Waals surface area contributed by atoms with E-state index in [1.807, 2.05) is 16.7 Å². The number of unbranched alkanes of at least 4 members (excludes halogenated alkanes) is 3. The van der Waals surface area contributed by atoms with Gasteiger partial charge in [-0.2, -0.15) is 15.0 Å². The van der Waals surface area contributed by atoms with Gasteiger partial charge in [-0.15, -0.1) is 0 Å². The van der Waals surface area contributed by atoms with Gasteiger partial charge in [0.05, 0.1) is 18.8 Å². The van der Waals surface area contributed by atoms with Gasteiger partial charge in [-0.05, 0) is 25.8 Å². The molecule has 212 valence electrons. The Hall–Kier alpha value is -3.81. The number of nitrogen functional groups attached to an aromatic ring is 1. The normalized spacial score (nSPS) is 13.7. The van der Waals surface area contributed by atoms with Crippen LogP contribution in [0.15, 0.2) is 18.3 Å². The number of allylic oxidation sites excluding steroid dienone is 2. The lowest BCUT2D eigenvalue weighted by atomic mass is 10.1. The van der Waals surface area contributed by atoms with Gasteiger partial charge in [-0.3, -0.25) is 9.59 Å². The third kappa shape index (κ3) is 9.16. The summed E-state index contributed by atoms with van der Waals surface area (Å²) in [5.41, 5.74) is 4.97. The Kier molecular flexibility index (Phi) is 11.9. The van der Waals surface area contributed by atoms with Crippen molar-refractivity contribution in [2.45, 2.75) is 45.5 Å². The van der Waals surface area contributed by atoms with Crippen molar-refractivity contribution in [3.63, 3.8) is 0 Å². The van der Waals surface area contributed by atoms with Gasteiger partial charge >= 0.3 is 0 Å². The zero-order valence-corrected chi connectivity index (χ0v) is 22.1. The number of amides is 1. The molecule has 1 saturated heterocycles. The number of hydrogen-bond acceptors (Lipinski definition) is 11. The van der Waals surface area contributed by atoms with Gasteiger partial charge in [0, 0.05) is 45.3 Å². The van der Waals surface area contributed by atoms with Crippen LogP contribution in [0.25, 0.3) is 11.4 Å². The molecule has 0 spiro atoms. The Morgan fingerprint density at radius 3 is 2.64 bits per heavy atom. The lowest BCUT2D eigenvalue weighted by molar-refractivity contribution is -0.114. The number of aromatic nitrogens is 5. The van der Waals surface area contributed by atoms with Crippen molar-refractivity contribution < 1.29 is 23.1 Å². The Balaban J connectivity index is 1.87. The summed E-state index contributed by atoms with van der Waals surface area (Å²) in [6.07, 6.45) is 6.04. The van der Waals surface area contributed by atoms with E-state index in [-0.39, 0.29) is 29.1 Å². The molecule has 1 fully saturated rings. The van der Waals surface area contributed by atoms with Crippen LogP contribution in [0, 0.1) is 0 Å². The van der Waals surface area contributed by atoms with Crippen LogP contribution in [0.4, 0.5) is 26.6 Å². The molecule has 0 bridgehead atoms. The Morgan fingerprint density at radius 1 is 1.15 bits per heavy atom. The van der Waals surface area contributed by atoms with Gasteiger partial charge in [-0.1, -0.05) is 18.9 Å². The molecule has 1 aliphatic rings. The van der Waals surface area contributed by atoms with Crippen molar-refractivity contribution in [3.8, 4) is 11.4 Å². The first-order valence-corrected chi connectivity index (χ1v) is 13.0. The van der Waals surface area contributed by atoms with Gasteiger partial charge < -0.3 is 25.6 Å². The van der Waals surface area contributed by atoms with Crippen molar-refractivity contribution in [2.24, 2.45) is 0 Å². The van der Waals surface area contributed by atoms with Gasteiger partial charge in [0.25, 0.3) is 6.43 Å². The SMILES string of the molecule is C/C=C/C(=O)CCCCCCN(CCNC=O)c1nc(-c2cnc(N)nc2C(F)F)nc(N2CCOCC2)n1. The highest BCUT2D eigenvalue weighted by molar-refractivity contribution is 5.89. The summed E-state index contributed by atoms with van der Waals surface area (Å²) >= 11 is 0. The standard InChI is InChI=1S/C25H35F2N9O3/c1-2-7-18(38)8-5-3-4-6-10-35(11-9-29-17-37)24-32-22(19-16-30-23(28)31-20(19)21(26)27)33-25(34-24)36-12-14-39-15-13-36/h2,7,16-17,21H,3-6,8-15H2,1H3,(H,29,37)(H2,28,30,31)/b7-2+. The molecule has 39 heavy (non-hydrogen) atoms. The summed E-state index contributed by atoms with van der Waals surface area (Å²) in [5, 5.41) is 2.64. The smallest absolute Gasteiger partial charge is 0.281 e. The second-order valence-electron chi connectivity index (χ2n) is 8.88. The summed E-state index contributed by atoms with van der Waals surface area (Å²) in [6.45, 7) is 5.11. The number of hydrogen-bond donors (Lipinski definition) is 2. The first-order chi connectivity index (χ1) is 18.9. The monoisotopic (exact) mass is 547 g/mol. The maximum absolute atomic E-state index is 13.9. The number of rotatable bonds is 16. The first-order valence-electron chi connectivity index (χ1n) is 13.0. The molecule has 12 nitrogen and oxygen atoms in total. The number of carbonyl (C=O) groups is 2. The number of alkyl halides is 2. The second kappa shape index (κ2) is 15.6. The molecule has 0 saturated carbocycles. The highest BCUT2D eigenvalue weighted by atomic mass is 19.3. The second-order valence-corrected chi connectivity index (χ2v) is 8.88. The molecular weight excluding hydrogens is 512 g/mol. The lowest BCUT2D eigenvalue weighted by Gasteiger charge is -2.29. The number of nitrogens with one attached hydrogen (secondary N) is 1. The van der Waals surface area contributed by atoms with E-state index >= 15 is 0 Å². The zero-order chi connectivity index (χ0) is 28.0. The maximum Gasteiger partial charge on any atom is 0.281 e. The number of anilines is 3. The van der Waals surface area contributed by atoms with Crippen molar-refractivity contribution in [1.82, 2.24) is 30.2 Å². The van der Waals surface area contributed by atoms with E-state index in [1.165, 1.54) is 6.20 Å². The minimum Gasteiger partial charge on any atom is -0.378 e. The van der Waals surface area contributed by atoms with Gasteiger partial charge in [0.1, 0.15) is 5.69 Å². The van der Waals surface area contributed by atoms with E-state index in [9.17, 15) is 18.4 Å². The van der Waals surface area contributed by atoms with E-state index < -0.39 is 12.1 Å². The molecule has 0 radical (unpaired) electrons. The summed E-state index contributed by atoms with van der Waals surface area (Å²) in [7, 11) is 0. The molecule has 0 aromatic carbocycles. The topological polar surface area (TPSA) is 152 Å². The minimum atomic E-state index is -2.91. The van der Waals surface area contributed by atoms with E-state index in [0.717, 1.165) is 25.7 Å². The summed E-state index contributed by atoms with van der Waals surface area (Å²) < 4.78 is 33.1. The fourth-order valence-corrected chi connectivity index (χ4v) is 4.06. The predicted molar refractivity (Wildman–Crippen MR) is 142 cm³/mol. The molecule has 2 aromatic rings. The molecule has 14 heteroatoms. The number of ether oxygens (including phenoxy) is 1. The molecule has 0 atom stereocenters. The predicted octanol–water partition coefficient (Wildman–Crippen LogP) is 2.33. The van der Waals surface area contributed by atoms with Crippen LogP contribution in [0.1, 0.15) is 51.1 Å². The van der Waals surface area contributed by atoms with E-state index in [0.29, 0.717) is 64.7 Å². The van der Waals surface area contributed by atoms with Crippen molar-refractivity contribution in [1.29, 1.82) is 0 Å². The molecule has 2 aromatic heterocycles. The molecule has 3 rings (SSSR count). The van der Waals surface area contributed by atoms with Crippen LogP contribution in [-0.2, 0) is 14.3 Å². The average Bonchev–Trinajstić information content (AvgIpc) is 2.94. The fourth-order valence-electron chi connectivity index (χ4n) is 4.06. The van der Waals surface area contributed by atoms with Crippen LogP contribution >= 0.6 is 0 Å². The van der Waals surface area contributed by atoms with Crippen molar-refractivity contribution in [3.05, 3.63) is 24.0 Å². The number of carbonyl (C=O) groups excluding carboxylic acids is 2. The molecular formula is C25H35F2N9O3. The summed E-state index contributed by atoms with van der Waals surface area (Å²) in [4.78, 5) is 47.6. The molecule has 0 unspecified atom stereocenters. The number of halogens is 2. The summed E-state index contributed by atoms with van der Waals surface area (Å²) in [6, 6.07) is 0. The minimum absolute atomic E-state index is 0.00706. The Labute approximate surface area is 226 Å². The molecule has 1 aliphatic heterocycles. The molecule has 3 heterocycles. The quantitative estimate of drug-likeness (QED) is 0.181. The van der Waals surface area contributed by atoms with Crippen LogP contribution in [0.3, 0.4) is 0 Å². The van der Waals surface area contributed by atoms with Crippen LogP contribution in [0.5, 0.6) is 0 Å². The highest BCUT2D eigenvalue weighted by Crippen LogP contribution is 2.29. The lowest BCUT2D eigenvalue weighted by Crippen LogP contribution is -2.38. The largest absolute Gasteiger partial charge is 0.378 e. The first kappa shape index (κ1) is 29.7. The third-order valence-electron chi connectivity index (χ3n) is 6.04. The maximum atomic E-state index is 13.9. The molecule has 3 N–H and O–H groups in total. The van der Waals surface area contributed by atoms with Gasteiger partial charge in [-0.25, -0.2) is 18.7 Å². The number of ketones is 1. The van der Waals surface area contributed by atoms with Crippen LogP contribution in [-0.4, -0.2) is 83.1 Å².